The van der Waals surface area contributed by atoms with Gasteiger partial charge in [0.05, 0.1) is 11.8 Å². The Morgan fingerprint density at radius 3 is 2.79 bits per heavy atom. The smallest absolute Gasteiger partial charge is 0.252 e. The highest BCUT2D eigenvalue weighted by Gasteiger charge is 2.15. The van der Waals surface area contributed by atoms with E-state index in [4.69, 9.17) is 5.26 Å². The fraction of sp³-hybridized carbons (Fsp3) is 0.133. The summed E-state index contributed by atoms with van der Waals surface area (Å²) in [4.78, 5) is 16.1. The highest BCUT2D eigenvalue weighted by atomic mass is 16.1. The number of nitriles is 1. The van der Waals surface area contributed by atoms with Crippen LogP contribution >= 0.6 is 0 Å². The monoisotopic (exact) mass is 251 g/mol. The van der Waals surface area contributed by atoms with E-state index in [1.807, 2.05) is 25.1 Å². The van der Waals surface area contributed by atoms with Gasteiger partial charge in [0.15, 0.2) is 6.04 Å². The Labute approximate surface area is 111 Å². The van der Waals surface area contributed by atoms with Crippen LogP contribution in [0.5, 0.6) is 0 Å². The van der Waals surface area contributed by atoms with Crippen LogP contribution in [-0.2, 0) is 0 Å². The molecule has 0 spiro atoms. The second-order valence-electron chi connectivity index (χ2n) is 4.16. The van der Waals surface area contributed by atoms with Gasteiger partial charge in [0.2, 0.25) is 0 Å². The van der Waals surface area contributed by atoms with Crippen molar-refractivity contribution in [3.05, 3.63) is 65.5 Å². The molecule has 4 nitrogen and oxygen atoms in total. The van der Waals surface area contributed by atoms with Crippen molar-refractivity contribution in [2.75, 3.05) is 0 Å². The first-order valence-corrected chi connectivity index (χ1v) is 5.89. The zero-order valence-corrected chi connectivity index (χ0v) is 10.5. The Bertz CT molecular complexity index is 617. The van der Waals surface area contributed by atoms with Gasteiger partial charge in [0.25, 0.3) is 5.91 Å². The molecule has 4 heteroatoms. The number of rotatable bonds is 3. The van der Waals surface area contributed by atoms with Crippen molar-refractivity contribution >= 4 is 5.91 Å². The molecule has 1 heterocycles. The van der Waals surface area contributed by atoms with Crippen LogP contribution in [-0.4, -0.2) is 10.9 Å². The maximum Gasteiger partial charge on any atom is 0.252 e. The summed E-state index contributed by atoms with van der Waals surface area (Å²) in [6.07, 6.45) is 1.60. The van der Waals surface area contributed by atoms with Gasteiger partial charge in [-0.1, -0.05) is 23.8 Å². The molecule has 2 rings (SSSR count). The molecule has 0 aliphatic rings. The first-order chi connectivity index (χ1) is 9.20. The zero-order chi connectivity index (χ0) is 13.7. The Hall–Kier alpha value is -2.67. The van der Waals surface area contributed by atoms with Crippen LogP contribution < -0.4 is 5.32 Å². The van der Waals surface area contributed by atoms with Gasteiger partial charge in [-0.3, -0.25) is 9.78 Å². The molecule has 19 heavy (non-hydrogen) atoms. The quantitative estimate of drug-likeness (QED) is 0.910. The number of carbonyl (C=O) groups excluding carboxylic acids is 1. The molecule has 0 radical (unpaired) electrons. The average Bonchev–Trinajstić information content (AvgIpc) is 2.45. The Morgan fingerprint density at radius 2 is 2.16 bits per heavy atom. The fourth-order valence-corrected chi connectivity index (χ4v) is 1.72. The topological polar surface area (TPSA) is 65.8 Å². The third-order valence-electron chi connectivity index (χ3n) is 2.67. The van der Waals surface area contributed by atoms with E-state index in [0.717, 1.165) is 5.56 Å². The van der Waals surface area contributed by atoms with Crippen molar-refractivity contribution in [3.63, 3.8) is 0 Å². The minimum absolute atomic E-state index is 0.277. The van der Waals surface area contributed by atoms with Gasteiger partial charge in [-0.25, -0.2) is 0 Å². The van der Waals surface area contributed by atoms with Crippen LogP contribution in [0.15, 0.2) is 48.7 Å². The summed E-state index contributed by atoms with van der Waals surface area (Å²) in [5.74, 6) is -0.277. The van der Waals surface area contributed by atoms with Crippen molar-refractivity contribution in [1.29, 1.82) is 5.26 Å². The van der Waals surface area contributed by atoms with E-state index < -0.39 is 6.04 Å². The summed E-state index contributed by atoms with van der Waals surface area (Å²) in [7, 11) is 0. The minimum atomic E-state index is -0.741. The van der Waals surface area contributed by atoms with E-state index in [0.29, 0.717) is 11.3 Å². The lowest BCUT2D eigenvalue weighted by atomic mass is 10.1. The lowest BCUT2D eigenvalue weighted by Gasteiger charge is -2.11. The molecule has 2 aromatic rings. The lowest BCUT2D eigenvalue weighted by molar-refractivity contribution is 0.0944. The number of pyridine rings is 1. The molecule has 1 unspecified atom stereocenters. The van der Waals surface area contributed by atoms with E-state index in [1.54, 1.807) is 36.5 Å². The van der Waals surface area contributed by atoms with Crippen molar-refractivity contribution in [2.24, 2.45) is 0 Å². The van der Waals surface area contributed by atoms with Crippen molar-refractivity contribution in [3.8, 4) is 6.07 Å². The van der Waals surface area contributed by atoms with Gasteiger partial charge in [-0.05, 0) is 31.2 Å². The zero-order valence-electron chi connectivity index (χ0n) is 10.5. The van der Waals surface area contributed by atoms with Crippen molar-refractivity contribution in [1.82, 2.24) is 10.3 Å². The number of nitrogens with zero attached hydrogens (tertiary/aromatic N) is 2. The molecule has 0 saturated heterocycles. The molecule has 1 N–H and O–H groups in total. The summed E-state index contributed by atoms with van der Waals surface area (Å²) in [5, 5.41) is 11.8. The van der Waals surface area contributed by atoms with Gasteiger partial charge in [-0.2, -0.15) is 5.26 Å². The normalized spacial score (nSPS) is 11.4. The average molecular weight is 251 g/mol. The van der Waals surface area contributed by atoms with Gasteiger partial charge >= 0.3 is 0 Å². The molecule has 1 atom stereocenters. The van der Waals surface area contributed by atoms with Crippen LogP contribution in [0.3, 0.4) is 0 Å². The SMILES string of the molecule is Cc1cccc(C(=O)NC(C#N)c2ccccn2)c1. The van der Waals surface area contributed by atoms with Crippen molar-refractivity contribution in [2.45, 2.75) is 13.0 Å². The third kappa shape index (κ3) is 3.17. The Kier molecular flexibility index (Phi) is 3.89. The number of nitrogens with one attached hydrogen (secondary N) is 1. The highest BCUT2D eigenvalue weighted by Crippen LogP contribution is 2.10. The molecule has 0 aliphatic carbocycles. The Balaban J connectivity index is 2.16. The minimum Gasteiger partial charge on any atom is -0.331 e. The summed E-state index contributed by atoms with van der Waals surface area (Å²) in [6.45, 7) is 1.91. The van der Waals surface area contributed by atoms with Gasteiger partial charge in [-0.15, -0.1) is 0 Å². The number of hydrogen-bond donors (Lipinski definition) is 1. The van der Waals surface area contributed by atoms with E-state index in [-0.39, 0.29) is 5.91 Å². The molecule has 1 aromatic heterocycles. The second-order valence-corrected chi connectivity index (χ2v) is 4.16. The van der Waals surface area contributed by atoms with Crippen LogP contribution in [0, 0.1) is 18.3 Å². The molecule has 0 aliphatic heterocycles. The maximum atomic E-state index is 12.0. The molecule has 94 valence electrons. The van der Waals surface area contributed by atoms with E-state index in [9.17, 15) is 4.79 Å². The van der Waals surface area contributed by atoms with Gasteiger partial charge < -0.3 is 5.32 Å². The highest BCUT2D eigenvalue weighted by molar-refractivity contribution is 5.94. The molecule has 0 saturated carbocycles. The number of benzene rings is 1. The Morgan fingerprint density at radius 1 is 1.32 bits per heavy atom. The van der Waals surface area contributed by atoms with Crippen LogP contribution in [0.2, 0.25) is 0 Å². The van der Waals surface area contributed by atoms with Crippen LogP contribution in [0.4, 0.5) is 0 Å². The molecule has 1 aromatic carbocycles. The summed E-state index contributed by atoms with van der Waals surface area (Å²) < 4.78 is 0. The summed E-state index contributed by atoms with van der Waals surface area (Å²) in [6, 6.07) is 13.8. The summed E-state index contributed by atoms with van der Waals surface area (Å²) >= 11 is 0. The second kappa shape index (κ2) is 5.78. The largest absolute Gasteiger partial charge is 0.331 e. The molecular weight excluding hydrogens is 238 g/mol. The number of aromatic nitrogens is 1. The fourth-order valence-electron chi connectivity index (χ4n) is 1.72. The number of carbonyl (C=O) groups is 1. The van der Waals surface area contributed by atoms with Gasteiger partial charge in [0, 0.05) is 11.8 Å². The lowest BCUT2D eigenvalue weighted by Crippen LogP contribution is -2.28. The summed E-state index contributed by atoms with van der Waals surface area (Å²) in [5.41, 5.74) is 2.07. The van der Waals surface area contributed by atoms with Crippen LogP contribution in [0.25, 0.3) is 0 Å². The molecule has 0 fully saturated rings. The molecular formula is C15H13N3O. The van der Waals surface area contributed by atoms with Crippen LogP contribution in [0.1, 0.15) is 27.7 Å². The molecule has 1 amide bonds. The first kappa shape index (κ1) is 12.8. The molecule has 0 bridgehead atoms. The van der Waals surface area contributed by atoms with E-state index >= 15 is 0 Å². The van der Waals surface area contributed by atoms with E-state index in [2.05, 4.69) is 10.3 Å². The number of hydrogen-bond acceptors (Lipinski definition) is 3. The predicted molar refractivity (Wildman–Crippen MR) is 71.2 cm³/mol. The predicted octanol–water partition coefficient (Wildman–Crippen LogP) is 2.38. The third-order valence-corrected chi connectivity index (χ3v) is 2.67. The number of amides is 1. The first-order valence-electron chi connectivity index (χ1n) is 5.89. The number of aryl methyl sites for hydroxylation is 1. The van der Waals surface area contributed by atoms with Gasteiger partial charge in [0.1, 0.15) is 0 Å². The standard InChI is InChI=1S/C15H13N3O/c1-11-5-4-6-12(9-11)15(19)18-14(10-16)13-7-2-3-8-17-13/h2-9,14H,1H3,(H,18,19). The van der Waals surface area contributed by atoms with E-state index in [1.165, 1.54) is 0 Å². The van der Waals surface area contributed by atoms with Crippen molar-refractivity contribution < 1.29 is 4.79 Å². The maximum absolute atomic E-state index is 12.0.